The van der Waals surface area contributed by atoms with Gasteiger partial charge in [0.15, 0.2) is 0 Å². The summed E-state index contributed by atoms with van der Waals surface area (Å²) >= 11 is 7.11. The van der Waals surface area contributed by atoms with E-state index in [1.54, 1.807) is 18.2 Å². The summed E-state index contributed by atoms with van der Waals surface area (Å²) in [5.41, 5.74) is 5.01. The number of rotatable bonds is 7. The largest absolute Gasteiger partial charge is 0.397 e. The summed E-state index contributed by atoms with van der Waals surface area (Å²) in [7, 11) is 0. The topological polar surface area (TPSA) is 106 Å². The molecule has 0 unspecified atom stereocenters. The Bertz CT molecular complexity index is 1310. The third-order valence-corrected chi connectivity index (χ3v) is 6.88. The average Bonchev–Trinajstić information content (AvgIpc) is 3.43. The lowest BCUT2D eigenvalue weighted by molar-refractivity contribution is -0.0185. The van der Waals surface area contributed by atoms with Crippen molar-refractivity contribution in [2.24, 2.45) is 0 Å². The Labute approximate surface area is 202 Å². The van der Waals surface area contributed by atoms with E-state index in [2.05, 4.69) is 15.4 Å². The number of halogens is 3. The van der Waals surface area contributed by atoms with Crippen molar-refractivity contribution < 1.29 is 18.7 Å². The van der Waals surface area contributed by atoms with Gasteiger partial charge in [-0.05, 0) is 36.8 Å². The van der Waals surface area contributed by atoms with Crippen molar-refractivity contribution in [2.75, 3.05) is 5.73 Å². The normalized spacial score (nSPS) is 13.9. The predicted octanol–water partition coefficient (Wildman–Crippen LogP) is 4.23. The zero-order chi connectivity index (χ0) is 24.5. The molecule has 176 valence electrons. The highest BCUT2D eigenvalue weighted by Crippen LogP contribution is 2.35. The van der Waals surface area contributed by atoms with Crippen LogP contribution in [0.3, 0.4) is 0 Å². The Morgan fingerprint density at radius 1 is 1.26 bits per heavy atom. The summed E-state index contributed by atoms with van der Waals surface area (Å²) in [5.74, 6) is -2.29. The van der Waals surface area contributed by atoms with E-state index in [9.17, 15) is 18.7 Å². The molecule has 1 amide bonds. The lowest BCUT2D eigenvalue weighted by atomic mass is 9.86. The maximum absolute atomic E-state index is 14.7. The van der Waals surface area contributed by atoms with Gasteiger partial charge in [-0.25, -0.2) is 18.4 Å². The maximum atomic E-state index is 14.7. The van der Waals surface area contributed by atoms with Crippen LogP contribution in [0.2, 0.25) is 5.02 Å². The highest BCUT2D eigenvalue weighted by atomic mass is 35.5. The number of carbonyl (C=O) groups is 1. The quantitative estimate of drug-likeness (QED) is 0.350. The molecule has 11 heteroatoms. The number of anilines is 1. The Morgan fingerprint density at radius 2 is 2.00 bits per heavy atom. The van der Waals surface area contributed by atoms with Crippen LogP contribution in [0.25, 0.3) is 10.4 Å². The molecule has 0 bridgehead atoms. The van der Waals surface area contributed by atoms with Gasteiger partial charge in [0.25, 0.3) is 5.91 Å². The van der Waals surface area contributed by atoms with Crippen LogP contribution in [0.1, 0.15) is 22.2 Å². The Morgan fingerprint density at radius 3 is 2.65 bits per heavy atom. The van der Waals surface area contributed by atoms with E-state index in [0.29, 0.717) is 11.1 Å². The maximum Gasteiger partial charge on any atom is 0.263 e. The second-order valence-corrected chi connectivity index (χ2v) is 9.23. The molecule has 0 aliphatic carbocycles. The minimum atomic E-state index is -1.98. The van der Waals surface area contributed by atoms with Crippen molar-refractivity contribution in [1.82, 2.24) is 20.1 Å². The fourth-order valence-electron chi connectivity index (χ4n) is 3.58. The molecule has 0 fully saturated rings. The number of nitrogens with zero attached hydrogens (tertiary/aromatic N) is 3. The lowest BCUT2D eigenvalue weighted by Gasteiger charge is -2.35. The van der Waals surface area contributed by atoms with E-state index in [4.69, 9.17) is 17.3 Å². The van der Waals surface area contributed by atoms with Crippen molar-refractivity contribution in [3.63, 3.8) is 0 Å². The fraction of sp³-hybridized carbons (Fsp3) is 0.174. The number of nitrogens with one attached hydrogen (secondary N) is 1. The number of amides is 1. The Hall–Kier alpha value is -3.34. The summed E-state index contributed by atoms with van der Waals surface area (Å²) in [5, 5.41) is 18.8. The standard InChI is InChI=1S/C23H20ClF2N5O2S/c1-13(23(33,10-31-12-28-11-29-31)17-7-6-16(25)8-18(17)26)30-22(32)21-19(27)9-20(34-21)14-2-4-15(24)5-3-14/h2-9,11-13,33H,10,27H2,1H3,(H,30,32)/t13-,23-/m1/s1. The molecule has 0 spiro atoms. The third kappa shape index (κ3) is 4.79. The Kier molecular flexibility index (Phi) is 6.65. The minimum Gasteiger partial charge on any atom is -0.397 e. The molecule has 4 rings (SSSR count). The Balaban J connectivity index is 1.63. The van der Waals surface area contributed by atoms with Gasteiger partial charge in [-0.15, -0.1) is 11.3 Å². The molecular formula is C23H20ClF2N5O2S. The van der Waals surface area contributed by atoms with Gasteiger partial charge >= 0.3 is 0 Å². The molecule has 2 atom stereocenters. The van der Waals surface area contributed by atoms with Crippen molar-refractivity contribution in [3.05, 3.63) is 88.3 Å². The van der Waals surface area contributed by atoms with Gasteiger partial charge in [-0.1, -0.05) is 29.8 Å². The summed E-state index contributed by atoms with van der Waals surface area (Å²) < 4.78 is 29.5. The molecule has 2 aromatic carbocycles. The first-order chi connectivity index (χ1) is 16.2. The number of nitrogen functional groups attached to an aromatic ring is 1. The van der Waals surface area contributed by atoms with Crippen LogP contribution in [0.4, 0.5) is 14.5 Å². The predicted molar refractivity (Wildman–Crippen MR) is 126 cm³/mol. The fourth-order valence-corrected chi connectivity index (χ4v) is 4.69. The minimum absolute atomic E-state index is 0.196. The number of benzene rings is 2. The highest BCUT2D eigenvalue weighted by molar-refractivity contribution is 7.18. The van der Waals surface area contributed by atoms with Crippen LogP contribution in [0.15, 0.2) is 61.2 Å². The third-order valence-electron chi connectivity index (χ3n) is 5.43. The van der Waals surface area contributed by atoms with Gasteiger partial charge < -0.3 is 16.2 Å². The molecule has 2 aromatic heterocycles. The number of nitrogens with two attached hydrogens (primary N) is 1. The van der Waals surface area contributed by atoms with Gasteiger partial charge in [-0.2, -0.15) is 5.10 Å². The molecule has 4 aromatic rings. The van der Waals surface area contributed by atoms with Gasteiger partial charge in [0.2, 0.25) is 0 Å². The second kappa shape index (κ2) is 9.49. The monoisotopic (exact) mass is 503 g/mol. The summed E-state index contributed by atoms with van der Waals surface area (Å²) in [6.07, 6.45) is 2.60. The molecule has 0 saturated carbocycles. The van der Waals surface area contributed by atoms with Crippen molar-refractivity contribution >= 4 is 34.5 Å². The first-order valence-electron chi connectivity index (χ1n) is 10.1. The van der Waals surface area contributed by atoms with Gasteiger partial charge in [0.1, 0.15) is 34.8 Å². The first-order valence-corrected chi connectivity index (χ1v) is 11.3. The van der Waals surface area contributed by atoms with Crippen LogP contribution in [0.5, 0.6) is 0 Å². The number of carbonyl (C=O) groups excluding carboxylic acids is 1. The van der Waals surface area contributed by atoms with Crippen LogP contribution < -0.4 is 11.1 Å². The van der Waals surface area contributed by atoms with Crippen LogP contribution in [-0.2, 0) is 12.1 Å². The van der Waals surface area contributed by atoms with E-state index < -0.39 is 29.2 Å². The number of thiophene rings is 1. The smallest absolute Gasteiger partial charge is 0.263 e. The van der Waals surface area contributed by atoms with Crippen LogP contribution >= 0.6 is 22.9 Å². The van der Waals surface area contributed by atoms with Gasteiger partial charge in [-0.3, -0.25) is 4.79 Å². The summed E-state index contributed by atoms with van der Waals surface area (Å²) in [6, 6.07) is 10.6. The molecule has 7 nitrogen and oxygen atoms in total. The summed E-state index contributed by atoms with van der Waals surface area (Å²) in [4.78, 5) is 17.9. The van der Waals surface area contributed by atoms with Crippen molar-refractivity contribution in [1.29, 1.82) is 0 Å². The summed E-state index contributed by atoms with van der Waals surface area (Å²) in [6.45, 7) is 1.27. The second-order valence-electron chi connectivity index (χ2n) is 7.74. The molecule has 0 aliphatic heterocycles. The van der Waals surface area contributed by atoms with E-state index >= 15 is 0 Å². The average molecular weight is 504 g/mol. The molecule has 4 N–H and O–H groups in total. The number of hydrogen-bond acceptors (Lipinski definition) is 6. The van der Waals surface area contributed by atoms with Gasteiger partial charge in [0.05, 0.1) is 18.3 Å². The van der Waals surface area contributed by atoms with Crippen LogP contribution in [-0.4, -0.2) is 31.8 Å². The molecule has 0 saturated heterocycles. The molecule has 0 aliphatic rings. The molecule has 0 radical (unpaired) electrons. The lowest BCUT2D eigenvalue weighted by Crippen LogP contribution is -2.51. The number of aliphatic hydroxyl groups is 1. The number of hydrogen-bond donors (Lipinski definition) is 3. The molecule has 34 heavy (non-hydrogen) atoms. The van der Waals surface area contributed by atoms with E-state index in [-0.39, 0.29) is 22.7 Å². The molecule has 2 heterocycles. The molecular weight excluding hydrogens is 484 g/mol. The van der Waals surface area contributed by atoms with Crippen molar-refractivity contribution in [3.8, 4) is 10.4 Å². The van der Waals surface area contributed by atoms with E-state index in [1.165, 1.54) is 35.6 Å². The number of aromatic nitrogens is 3. The zero-order valence-electron chi connectivity index (χ0n) is 17.9. The van der Waals surface area contributed by atoms with E-state index in [0.717, 1.165) is 22.6 Å². The first kappa shape index (κ1) is 23.8. The zero-order valence-corrected chi connectivity index (χ0v) is 19.4. The van der Waals surface area contributed by atoms with Crippen molar-refractivity contribution in [2.45, 2.75) is 25.1 Å². The van der Waals surface area contributed by atoms with Gasteiger partial charge in [0, 0.05) is 21.5 Å². The van der Waals surface area contributed by atoms with Crippen LogP contribution in [0, 0.1) is 11.6 Å². The highest BCUT2D eigenvalue weighted by Gasteiger charge is 2.40. The van der Waals surface area contributed by atoms with E-state index in [1.807, 2.05) is 12.1 Å². The SMILES string of the molecule is C[C@@H](NC(=O)c1sc(-c2ccc(Cl)cc2)cc1N)[C@](O)(Cn1cncn1)c1ccc(F)cc1F.